The third-order valence-corrected chi connectivity index (χ3v) is 1.68. The molecule has 0 radical (unpaired) electrons. The van der Waals surface area contributed by atoms with Crippen molar-refractivity contribution in [2.45, 2.75) is 11.6 Å². The zero-order valence-electron chi connectivity index (χ0n) is 8.44. The number of nitrogens with one attached hydrogen (secondary N) is 1. The van der Waals surface area contributed by atoms with Crippen LogP contribution in [-0.4, -0.2) is 51.6 Å². The molecule has 3 nitrogen and oxygen atoms in total. The fraction of sp³-hybridized carbons (Fsp3) is 1.00. The van der Waals surface area contributed by atoms with Crippen LogP contribution in [0.15, 0.2) is 0 Å². The number of hydrogen-bond acceptors (Lipinski definition) is 3. The second-order valence-electron chi connectivity index (χ2n) is 2.92. The Morgan fingerprint density at radius 1 is 1.40 bits per heavy atom. The van der Waals surface area contributed by atoms with E-state index >= 15 is 0 Å². The van der Waals surface area contributed by atoms with Gasteiger partial charge in [-0.15, -0.1) is 11.6 Å². The molecule has 0 aromatic carbocycles. The molecule has 0 rings (SSSR count). The SMILES string of the molecule is COCC(Cl)CNCCOCC(F)(F)F. The second-order valence-corrected chi connectivity index (χ2v) is 3.54. The van der Waals surface area contributed by atoms with E-state index in [9.17, 15) is 13.2 Å². The number of alkyl halides is 4. The summed E-state index contributed by atoms with van der Waals surface area (Å²) < 4.78 is 44.0. The van der Waals surface area contributed by atoms with Crippen LogP contribution in [0.5, 0.6) is 0 Å². The van der Waals surface area contributed by atoms with Crippen LogP contribution in [0.4, 0.5) is 13.2 Å². The van der Waals surface area contributed by atoms with Gasteiger partial charge in [0.1, 0.15) is 6.61 Å². The van der Waals surface area contributed by atoms with Crippen LogP contribution in [0.25, 0.3) is 0 Å². The highest BCUT2D eigenvalue weighted by atomic mass is 35.5. The first kappa shape index (κ1) is 15.0. The van der Waals surface area contributed by atoms with Crippen LogP contribution in [-0.2, 0) is 9.47 Å². The maximum atomic E-state index is 11.6. The molecule has 7 heteroatoms. The number of ether oxygens (including phenoxy) is 2. The van der Waals surface area contributed by atoms with Gasteiger partial charge >= 0.3 is 6.18 Å². The Morgan fingerprint density at radius 3 is 2.60 bits per heavy atom. The minimum Gasteiger partial charge on any atom is -0.383 e. The molecule has 92 valence electrons. The number of halogens is 4. The lowest BCUT2D eigenvalue weighted by Crippen LogP contribution is -2.30. The van der Waals surface area contributed by atoms with E-state index in [2.05, 4.69) is 10.1 Å². The smallest absolute Gasteiger partial charge is 0.383 e. The van der Waals surface area contributed by atoms with Gasteiger partial charge in [-0.3, -0.25) is 0 Å². The molecule has 0 aliphatic heterocycles. The van der Waals surface area contributed by atoms with E-state index in [1.807, 2.05) is 0 Å². The topological polar surface area (TPSA) is 30.5 Å². The molecule has 0 aromatic rings. The maximum Gasteiger partial charge on any atom is 0.411 e. The van der Waals surface area contributed by atoms with E-state index < -0.39 is 12.8 Å². The molecule has 0 aliphatic rings. The molecule has 0 fully saturated rings. The second kappa shape index (κ2) is 8.15. The Bertz CT molecular complexity index is 157. The third kappa shape index (κ3) is 11.9. The summed E-state index contributed by atoms with van der Waals surface area (Å²) in [7, 11) is 1.53. The molecule has 0 aliphatic carbocycles. The summed E-state index contributed by atoms with van der Waals surface area (Å²) in [5.74, 6) is 0. The molecule has 0 heterocycles. The van der Waals surface area contributed by atoms with Crippen molar-refractivity contribution in [3.63, 3.8) is 0 Å². The first-order valence-electron chi connectivity index (χ1n) is 4.44. The largest absolute Gasteiger partial charge is 0.411 e. The Labute approximate surface area is 91.9 Å². The van der Waals surface area contributed by atoms with E-state index in [-0.39, 0.29) is 12.0 Å². The van der Waals surface area contributed by atoms with Gasteiger partial charge in [0.25, 0.3) is 0 Å². The monoisotopic (exact) mass is 249 g/mol. The quantitative estimate of drug-likeness (QED) is 0.521. The lowest BCUT2D eigenvalue weighted by molar-refractivity contribution is -0.173. The predicted molar refractivity (Wildman–Crippen MR) is 51.3 cm³/mol. The average molecular weight is 250 g/mol. The minimum absolute atomic E-state index is 0.0100. The van der Waals surface area contributed by atoms with Gasteiger partial charge in [0.2, 0.25) is 0 Å². The van der Waals surface area contributed by atoms with Crippen LogP contribution in [0.1, 0.15) is 0 Å². The fourth-order valence-electron chi connectivity index (χ4n) is 0.831. The van der Waals surface area contributed by atoms with Crippen molar-refractivity contribution in [2.24, 2.45) is 0 Å². The van der Waals surface area contributed by atoms with Gasteiger partial charge in [0.15, 0.2) is 0 Å². The van der Waals surface area contributed by atoms with Crippen molar-refractivity contribution in [3.05, 3.63) is 0 Å². The van der Waals surface area contributed by atoms with Crippen molar-refractivity contribution in [3.8, 4) is 0 Å². The summed E-state index contributed by atoms with van der Waals surface area (Å²) in [6.07, 6.45) is -4.26. The minimum atomic E-state index is -4.26. The van der Waals surface area contributed by atoms with Crippen LogP contribution >= 0.6 is 11.6 Å². The number of hydrogen-bond donors (Lipinski definition) is 1. The van der Waals surface area contributed by atoms with Gasteiger partial charge in [0, 0.05) is 20.2 Å². The van der Waals surface area contributed by atoms with Crippen LogP contribution < -0.4 is 5.32 Å². The molecule has 0 saturated heterocycles. The van der Waals surface area contributed by atoms with Crippen molar-refractivity contribution in [1.82, 2.24) is 5.32 Å². The van der Waals surface area contributed by atoms with Crippen LogP contribution in [0, 0.1) is 0 Å². The molecule has 1 N–H and O–H groups in total. The molecule has 1 atom stereocenters. The molecule has 0 spiro atoms. The summed E-state index contributed by atoms with van der Waals surface area (Å²) in [5.41, 5.74) is 0. The number of methoxy groups -OCH3 is 1. The highest BCUT2D eigenvalue weighted by Crippen LogP contribution is 2.13. The molecule has 0 aromatic heterocycles. The molecule has 0 saturated carbocycles. The van der Waals surface area contributed by atoms with Gasteiger partial charge in [-0.25, -0.2) is 0 Å². The van der Waals surface area contributed by atoms with Gasteiger partial charge < -0.3 is 14.8 Å². The lowest BCUT2D eigenvalue weighted by Gasteiger charge is -2.10. The Balaban J connectivity index is 3.18. The van der Waals surface area contributed by atoms with Crippen molar-refractivity contribution < 1.29 is 22.6 Å². The fourth-order valence-corrected chi connectivity index (χ4v) is 1.07. The van der Waals surface area contributed by atoms with E-state index in [0.717, 1.165) is 0 Å². The molecule has 1 unspecified atom stereocenters. The van der Waals surface area contributed by atoms with E-state index in [4.69, 9.17) is 16.3 Å². The summed E-state index contributed by atoms with van der Waals surface area (Å²) >= 11 is 5.76. The van der Waals surface area contributed by atoms with Gasteiger partial charge in [0.05, 0.1) is 18.6 Å². The van der Waals surface area contributed by atoms with Gasteiger partial charge in [-0.05, 0) is 0 Å². The molecular weight excluding hydrogens is 235 g/mol. The molecular formula is C8H15ClF3NO2. The normalized spacial score (nSPS) is 14.2. The molecule has 0 bridgehead atoms. The predicted octanol–water partition coefficient (Wildman–Crippen LogP) is 1.41. The zero-order valence-corrected chi connectivity index (χ0v) is 9.20. The Hall–Kier alpha value is -0.0400. The Kier molecular flexibility index (Phi) is 8.13. The molecule has 15 heavy (non-hydrogen) atoms. The van der Waals surface area contributed by atoms with Crippen LogP contribution in [0.3, 0.4) is 0 Å². The third-order valence-electron chi connectivity index (χ3n) is 1.40. The van der Waals surface area contributed by atoms with E-state index in [1.165, 1.54) is 7.11 Å². The first-order valence-corrected chi connectivity index (χ1v) is 4.87. The maximum absolute atomic E-state index is 11.6. The highest BCUT2D eigenvalue weighted by molar-refractivity contribution is 6.20. The van der Waals surface area contributed by atoms with Crippen molar-refractivity contribution in [2.75, 3.05) is 40.0 Å². The summed E-state index contributed by atoms with van der Waals surface area (Å²) in [6, 6.07) is 0. The highest BCUT2D eigenvalue weighted by Gasteiger charge is 2.27. The standard InChI is InChI=1S/C8H15ClF3NO2/c1-14-5-7(9)4-13-2-3-15-6-8(10,11)12/h7,13H,2-6H2,1H3. The zero-order chi connectivity index (χ0) is 11.7. The first-order chi connectivity index (χ1) is 6.95. The summed E-state index contributed by atoms with van der Waals surface area (Å²) in [4.78, 5) is 0. The number of rotatable bonds is 8. The average Bonchev–Trinajstić information content (AvgIpc) is 2.09. The lowest BCUT2D eigenvalue weighted by atomic mass is 10.4. The van der Waals surface area contributed by atoms with Crippen molar-refractivity contribution >= 4 is 11.6 Å². The summed E-state index contributed by atoms with van der Waals surface area (Å²) in [5, 5.41) is 2.67. The van der Waals surface area contributed by atoms with Gasteiger partial charge in [-0.1, -0.05) is 0 Å². The summed E-state index contributed by atoms with van der Waals surface area (Å²) in [6.45, 7) is 0.0128. The molecule has 0 amide bonds. The van der Waals surface area contributed by atoms with Crippen molar-refractivity contribution in [1.29, 1.82) is 0 Å². The van der Waals surface area contributed by atoms with Crippen LogP contribution in [0.2, 0.25) is 0 Å². The van der Waals surface area contributed by atoms with E-state index in [0.29, 0.717) is 19.7 Å². The van der Waals surface area contributed by atoms with Gasteiger partial charge in [-0.2, -0.15) is 13.2 Å². The van der Waals surface area contributed by atoms with E-state index in [1.54, 1.807) is 0 Å². The Morgan fingerprint density at radius 2 is 2.07 bits per heavy atom.